The van der Waals surface area contributed by atoms with Crippen molar-refractivity contribution in [3.63, 3.8) is 0 Å². The third kappa shape index (κ3) is 4.79. The number of benzene rings is 1. The van der Waals surface area contributed by atoms with Gasteiger partial charge in [-0.2, -0.15) is 13.2 Å². The molecular formula is C13H18F4N2O. The summed E-state index contributed by atoms with van der Waals surface area (Å²) < 4.78 is 55.5. The minimum Gasteiger partial charge on any atom is -0.488 e. The Balaban J connectivity index is 2.93. The predicted molar refractivity (Wildman–Crippen MR) is 70.5 cm³/mol. The molecule has 0 radical (unpaired) electrons. The van der Waals surface area contributed by atoms with Gasteiger partial charge in [0, 0.05) is 25.7 Å². The van der Waals surface area contributed by atoms with Crippen LogP contribution in [0.3, 0.4) is 0 Å². The summed E-state index contributed by atoms with van der Waals surface area (Å²) in [6.45, 7) is 3.19. The molecule has 0 aliphatic heterocycles. The van der Waals surface area contributed by atoms with Gasteiger partial charge in [-0.25, -0.2) is 4.39 Å². The van der Waals surface area contributed by atoms with E-state index in [1.165, 1.54) is 18.0 Å². The minimum absolute atomic E-state index is 0.0249. The van der Waals surface area contributed by atoms with Crippen LogP contribution in [-0.2, 0) is 0 Å². The summed E-state index contributed by atoms with van der Waals surface area (Å²) in [5, 5.41) is 0. The first kappa shape index (κ1) is 16.4. The Bertz CT molecular complexity index is 460. The Morgan fingerprint density at radius 2 is 1.90 bits per heavy atom. The molecule has 0 saturated heterocycles. The number of hydrogen-bond acceptors (Lipinski definition) is 3. The number of ether oxygens (including phenoxy) is 1. The number of anilines is 2. The van der Waals surface area contributed by atoms with Gasteiger partial charge < -0.3 is 15.4 Å². The van der Waals surface area contributed by atoms with Gasteiger partial charge in [0.1, 0.15) is 0 Å². The lowest BCUT2D eigenvalue weighted by Gasteiger charge is -2.23. The zero-order valence-corrected chi connectivity index (χ0v) is 11.6. The fraction of sp³-hybridized carbons (Fsp3) is 0.538. The summed E-state index contributed by atoms with van der Waals surface area (Å²) in [7, 11) is 1.47. The number of rotatable bonds is 5. The van der Waals surface area contributed by atoms with Crippen molar-refractivity contribution in [2.75, 3.05) is 24.2 Å². The summed E-state index contributed by atoms with van der Waals surface area (Å²) in [6.07, 6.45) is -5.47. The zero-order chi connectivity index (χ0) is 15.5. The molecule has 0 unspecified atom stereocenters. The summed E-state index contributed by atoms with van der Waals surface area (Å²) in [5.74, 6) is -0.660. The standard InChI is InChI=1S/C13H18F4N2O/c1-8(2)20-12-7-11(10(18)6-9(12)14)19(3)5-4-13(15,16)17/h6-8H,4-5,18H2,1-3H3. The van der Waals surface area contributed by atoms with Crippen LogP contribution < -0.4 is 15.4 Å². The molecule has 114 valence electrons. The van der Waals surface area contributed by atoms with Crippen molar-refractivity contribution in [1.29, 1.82) is 0 Å². The number of halogens is 4. The fourth-order valence-corrected chi connectivity index (χ4v) is 1.65. The third-order valence-corrected chi connectivity index (χ3v) is 2.59. The second kappa shape index (κ2) is 6.19. The molecule has 0 aliphatic rings. The molecule has 20 heavy (non-hydrogen) atoms. The van der Waals surface area contributed by atoms with Gasteiger partial charge in [0.2, 0.25) is 0 Å². The molecule has 0 bridgehead atoms. The molecule has 1 aromatic carbocycles. The SMILES string of the molecule is CC(C)Oc1cc(N(C)CCC(F)(F)F)c(N)cc1F. The molecule has 0 amide bonds. The van der Waals surface area contributed by atoms with Crippen LogP contribution in [0, 0.1) is 5.82 Å². The van der Waals surface area contributed by atoms with Crippen molar-refractivity contribution in [3.05, 3.63) is 17.9 Å². The summed E-state index contributed by atoms with van der Waals surface area (Å²) in [4.78, 5) is 1.33. The Morgan fingerprint density at radius 1 is 1.30 bits per heavy atom. The maximum Gasteiger partial charge on any atom is 0.390 e. The highest BCUT2D eigenvalue weighted by Crippen LogP contribution is 2.32. The van der Waals surface area contributed by atoms with E-state index in [0.29, 0.717) is 5.69 Å². The molecule has 0 heterocycles. The average Bonchev–Trinajstić information content (AvgIpc) is 2.28. The van der Waals surface area contributed by atoms with Crippen LogP contribution in [0.4, 0.5) is 28.9 Å². The van der Waals surface area contributed by atoms with E-state index in [9.17, 15) is 17.6 Å². The van der Waals surface area contributed by atoms with E-state index in [1.807, 2.05) is 0 Å². The van der Waals surface area contributed by atoms with Crippen LogP contribution in [0.25, 0.3) is 0 Å². The van der Waals surface area contributed by atoms with Crippen molar-refractivity contribution >= 4 is 11.4 Å². The van der Waals surface area contributed by atoms with Crippen LogP contribution in [0.5, 0.6) is 5.75 Å². The normalized spacial score (nSPS) is 11.8. The summed E-state index contributed by atoms with van der Waals surface area (Å²) in [5.41, 5.74) is 6.03. The highest BCUT2D eigenvalue weighted by molar-refractivity contribution is 5.69. The van der Waals surface area contributed by atoms with Gasteiger partial charge in [0.25, 0.3) is 0 Å². The number of nitrogen functional groups attached to an aromatic ring is 1. The van der Waals surface area contributed by atoms with E-state index >= 15 is 0 Å². The van der Waals surface area contributed by atoms with Crippen LogP contribution in [-0.4, -0.2) is 25.9 Å². The van der Waals surface area contributed by atoms with E-state index in [1.54, 1.807) is 13.8 Å². The molecule has 0 aromatic heterocycles. The molecule has 0 aliphatic carbocycles. The molecule has 0 saturated carbocycles. The Morgan fingerprint density at radius 3 is 2.40 bits per heavy atom. The lowest BCUT2D eigenvalue weighted by molar-refractivity contribution is -0.132. The molecule has 7 heteroatoms. The first-order valence-electron chi connectivity index (χ1n) is 6.13. The van der Waals surface area contributed by atoms with E-state index in [-0.39, 0.29) is 24.1 Å². The van der Waals surface area contributed by atoms with Gasteiger partial charge in [0.05, 0.1) is 23.9 Å². The Labute approximate surface area is 115 Å². The predicted octanol–water partition coefficient (Wildman–Crippen LogP) is 3.58. The second-order valence-electron chi connectivity index (χ2n) is 4.79. The van der Waals surface area contributed by atoms with E-state index < -0.39 is 18.4 Å². The van der Waals surface area contributed by atoms with E-state index in [2.05, 4.69) is 0 Å². The number of hydrogen-bond donors (Lipinski definition) is 1. The van der Waals surface area contributed by atoms with E-state index in [4.69, 9.17) is 10.5 Å². The minimum atomic E-state index is -4.25. The lowest BCUT2D eigenvalue weighted by Crippen LogP contribution is -2.25. The Hall–Kier alpha value is -1.66. The van der Waals surface area contributed by atoms with Gasteiger partial charge >= 0.3 is 6.18 Å². The van der Waals surface area contributed by atoms with Crippen molar-refractivity contribution < 1.29 is 22.3 Å². The van der Waals surface area contributed by atoms with Gasteiger partial charge in [-0.05, 0) is 13.8 Å². The first-order valence-corrected chi connectivity index (χ1v) is 6.13. The maximum absolute atomic E-state index is 13.6. The Kier molecular flexibility index (Phi) is 5.08. The topological polar surface area (TPSA) is 38.5 Å². The third-order valence-electron chi connectivity index (χ3n) is 2.59. The van der Waals surface area contributed by atoms with Crippen molar-refractivity contribution in [3.8, 4) is 5.75 Å². The lowest BCUT2D eigenvalue weighted by atomic mass is 10.2. The highest BCUT2D eigenvalue weighted by atomic mass is 19.4. The van der Waals surface area contributed by atoms with Crippen LogP contribution in [0.2, 0.25) is 0 Å². The molecule has 2 N–H and O–H groups in total. The molecule has 0 atom stereocenters. The quantitative estimate of drug-likeness (QED) is 0.666. The first-order chi connectivity index (χ1) is 9.10. The van der Waals surface area contributed by atoms with Crippen LogP contribution in [0.1, 0.15) is 20.3 Å². The van der Waals surface area contributed by atoms with Crippen molar-refractivity contribution in [2.45, 2.75) is 32.5 Å². The van der Waals surface area contributed by atoms with Gasteiger partial charge in [-0.3, -0.25) is 0 Å². The van der Waals surface area contributed by atoms with Gasteiger partial charge in [-0.1, -0.05) is 0 Å². The monoisotopic (exact) mass is 294 g/mol. The molecular weight excluding hydrogens is 276 g/mol. The number of nitrogens with zero attached hydrogens (tertiary/aromatic N) is 1. The average molecular weight is 294 g/mol. The molecule has 0 fully saturated rings. The molecule has 0 spiro atoms. The van der Waals surface area contributed by atoms with Gasteiger partial charge in [-0.15, -0.1) is 0 Å². The molecule has 1 rings (SSSR count). The van der Waals surface area contributed by atoms with Crippen LogP contribution >= 0.6 is 0 Å². The summed E-state index contributed by atoms with van der Waals surface area (Å²) in [6, 6.07) is 2.37. The maximum atomic E-state index is 13.6. The number of nitrogens with two attached hydrogens (primary N) is 1. The van der Waals surface area contributed by atoms with E-state index in [0.717, 1.165) is 6.07 Å². The van der Waals surface area contributed by atoms with Gasteiger partial charge in [0.15, 0.2) is 11.6 Å². The largest absolute Gasteiger partial charge is 0.488 e. The smallest absolute Gasteiger partial charge is 0.390 e. The fourth-order valence-electron chi connectivity index (χ4n) is 1.65. The van der Waals surface area contributed by atoms with Crippen molar-refractivity contribution in [2.24, 2.45) is 0 Å². The molecule has 1 aromatic rings. The second-order valence-corrected chi connectivity index (χ2v) is 4.79. The molecule has 3 nitrogen and oxygen atoms in total. The number of alkyl halides is 3. The van der Waals surface area contributed by atoms with Crippen molar-refractivity contribution in [1.82, 2.24) is 0 Å². The zero-order valence-electron chi connectivity index (χ0n) is 11.6. The highest BCUT2D eigenvalue weighted by Gasteiger charge is 2.27. The summed E-state index contributed by atoms with van der Waals surface area (Å²) >= 11 is 0. The van der Waals surface area contributed by atoms with Crippen LogP contribution in [0.15, 0.2) is 12.1 Å².